The van der Waals surface area contributed by atoms with E-state index in [2.05, 4.69) is 20.2 Å². The van der Waals surface area contributed by atoms with Crippen LogP contribution in [0, 0.1) is 0 Å². The van der Waals surface area contributed by atoms with Gasteiger partial charge in [0.25, 0.3) is 0 Å². The Labute approximate surface area is 167 Å². The molecule has 29 heavy (non-hydrogen) atoms. The van der Waals surface area contributed by atoms with Crippen LogP contribution in [-0.4, -0.2) is 50.9 Å². The van der Waals surface area contributed by atoms with Gasteiger partial charge < -0.3 is 14.8 Å². The predicted octanol–water partition coefficient (Wildman–Crippen LogP) is 3.29. The van der Waals surface area contributed by atoms with Crippen LogP contribution in [0.15, 0.2) is 42.5 Å². The van der Waals surface area contributed by atoms with Gasteiger partial charge in [0, 0.05) is 24.5 Å². The fourth-order valence-corrected chi connectivity index (χ4v) is 4.13. The number of benzene rings is 2. The molecule has 148 valence electrons. The lowest BCUT2D eigenvalue weighted by atomic mass is 9.94. The number of nitrogens with one attached hydrogen (secondary N) is 2. The minimum absolute atomic E-state index is 0.221. The Morgan fingerprint density at radius 3 is 2.72 bits per heavy atom. The number of hydrogen-bond acceptors (Lipinski definition) is 5. The number of nitrogens with zero attached hydrogens (tertiary/aromatic N) is 2. The smallest absolute Gasteiger partial charge is 0.207 e. The Balaban J connectivity index is 1.52. The summed E-state index contributed by atoms with van der Waals surface area (Å²) in [6.45, 7) is 1.24. The Morgan fingerprint density at radius 2 is 1.97 bits per heavy atom. The summed E-state index contributed by atoms with van der Waals surface area (Å²) in [5.41, 5.74) is 4.23. The summed E-state index contributed by atoms with van der Waals surface area (Å²) in [4.78, 5) is 20.7. The van der Waals surface area contributed by atoms with Crippen LogP contribution in [-0.2, 0) is 4.74 Å². The van der Waals surface area contributed by atoms with Crippen LogP contribution < -0.4 is 0 Å². The molecule has 0 saturated carbocycles. The number of fused-ring (bicyclic) bond motifs is 2. The number of carbonyl (C=O) groups excluding carboxylic acids is 1. The molecule has 0 spiro atoms. The summed E-state index contributed by atoms with van der Waals surface area (Å²) in [5.74, 6) is -0.231. The lowest BCUT2D eigenvalue weighted by Gasteiger charge is -2.20. The van der Waals surface area contributed by atoms with Crippen LogP contribution in [0.5, 0.6) is 0 Å². The molecule has 0 bridgehead atoms. The fraction of sp³-hybridized carbons (Fsp3) is 0.318. The highest BCUT2D eigenvalue weighted by molar-refractivity contribution is 6.02. The first kappa shape index (κ1) is 18.0. The molecular weight excluding hydrogens is 368 g/mol. The van der Waals surface area contributed by atoms with Crippen molar-refractivity contribution in [3.63, 3.8) is 0 Å². The van der Waals surface area contributed by atoms with Crippen molar-refractivity contribution >= 4 is 27.7 Å². The second-order valence-electron chi connectivity index (χ2n) is 7.51. The molecule has 1 saturated heterocycles. The minimum Gasteiger partial charge on any atom is -0.395 e. The third-order valence-corrected chi connectivity index (χ3v) is 5.74. The lowest BCUT2D eigenvalue weighted by molar-refractivity contribution is 0.0847. The van der Waals surface area contributed by atoms with E-state index in [4.69, 9.17) is 4.74 Å². The minimum atomic E-state index is -0.638. The molecule has 0 radical (unpaired) electrons. The molecule has 2 aromatic carbocycles. The number of ether oxygens (including phenoxy) is 1. The third kappa shape index (κ3) is 3.22. The summed E-state index contributed by atoms with van der Waals surface area (Å²) in [6.07, 6.45) is 1.91. The quantitative estimate of drug-likeness (QED) is 0.454. The summed E-state index contributed by atoms with van der Waals surface area (Å²) < 4.78 is 5.47. The number of carbonyl (C=O) groups is 1. The Bertz CT molecular complexity index is 1160. The average Bonchev–Trinajstić information content (AvgIpc) is 3.37. The molecule has 7 heteroatoms. The monoisotopic (exact) mass is 390 g/mol. The molecule has 4 aromatic rings. The maximum absolute atomic E-state index is 13.0. The molecule has 3 N–H and O–H groups in total. The van der Waals surface area contributed by atoms with E-state index in [9.17, 15) is 9.90 Å². The topological polar surface area (TPSA) is 104 Å². The lowest BCUT2D eigenvalue weighted by Crippen LogP contribution is -2.18. The second kappa shape index (κ2) is 7.42. The standard InChI is InChI=1S/C22H22N4O3/c27-12-16(13-4-2-1-3-5-13)21(28)22-23-18-10-15-17(11-19(18)24-22)25-26-20(15)14-6-8-29-9-7-14/h1-5,10-11,14,16,27H,6-9,12H2,(H,23,24)(H,25,26)/t16-/m1/s1. The highest BCUT2D eigenvalue weighted by atomic mass is 16.5. The number of Topliss-reactive ketones (excluding diaryl/α,β-unsaturated/α-hetero) is 1. The van der Waals surface area contributed by atoms with E-state index in [1.807, 2.05) is 42.5 Å². The van der Waals surface area contributed by atoms with Crippen molar-refractivity contribution in [3.8, 4) is 0 Å². The number of hydrogen-bond donors (Lipinski definition) is 3. The van der Waals surface area contributed by atoms with Gasteiger partial charge in [-0.05, 0) is 30.5 Å². The zero-order valence-corrected chi connectivity index (χ0v) is 15.9. The van der Waals surface area contributed by atoms with Gasteiger partial charge in [-0.25, -0.2) is 4.98 Å². The number of aliphatic hydroxyl groups is 1. The van der Waals surface area contributed by atoms with Gasteiger partial charge in [0.1, 0.15) is 0 Å². The second-order valence-corrected chi connectivity index (χ2v) is 7.51. The SMILES string of the molecule is O=C(c1nc2cc3c(C4CCOCC4)n[nH]c3cc2[nH]1)[C@H](CO)c1ccccc1. The number of aliphatic hydroxyl groups excluding tert-OH is 1. The molecule has 1 fully saturated rings. The molecule has 1 aliphatic rings. The van der Waals surface area contributed by atoms with Gasteiger partial charge in [0.05, 0.1) is 34.8 Å². The number of ketones is 1. The number of H-pyrrole nitrogens is 2. The van der Waals surface area contributed by atoms with Crippen molar-refractivity contribution in [2.75, 3.05) is 19.8 Å². The number of aromatic amines is 2. The average molecular weight is 390 g/mol. The van der Waals surface area contributed by atoms with E-state index in [1.54, 1.807) is 0 Å². The molecule has 0 unspecified atom stereocenters. The van der Waals surface area contributed by atoms with E-state index < -0.39 is 5.92 Å². The number of rotatable bonds is 5. The van der Waals surface area contributed by atoms with Crippen molar-refractivity contribution < 1.29 is 14.6 Å². The van der Waals surface area contributed by atoms with Gasteiger partial charge in [-0.15, -0.1) is 0 Å². The fourth-order valence-electron chi connectivity index (χ4n) is 4.13. The first-order valence-electron chi connectivity index (χ1n) is 9.90. The Kier molecular flexibility index (Phi) is 4.61. The maximum atomic E-state index is 13.0. The normalized spacial score (nSPS) is 16.4. The first-order valence-corrected chi connectivity index (χ1v) is 9.90. The molecule has 7 nitrogen and oxygen atoms in total. The highest BCUT2D eigenvalue weighted by Crippen LogP contribution is 2.32. The Morgan fingerprint density at radius 1 is 1.17 bits per heavy atom. The molecule has 1 atom stereocenters. The molecule has 5 rings (SSSR count). The van der Waals surface area contributed by atoms with E-state index in [1.165, 1.54) is 0 Å². The van der Waals surface area contributed by atoms with Gasteiger partial charge in [-0.2, -0.15) is 5.10 Å². The van der Waals surface area contributed by atoms with Crippen LogP contribution in [0.2, 0.25) is 0 Å². The first-order chi connectivity index (χ1) is 14.2. The van der Waals surface area contributed by atoms with Crippen LogP contribution >= 0.6 is 0 Å². The largest absolute Gasteiger partial charge is 0.395 e. The van der Waals surface area contributed by atoms with Crippen LogP contribution in [0.4, 0.5) is 0 Å². The molecule has 2 aromatic heterocycles. The van der Waals surface area contributed by atoms with Gasteiger partial charge in [0.15, 0.2) is 5.82 Å². The maximum Gasteiger partial charge on any atom is 0.207 e. The summed E-state index contributed by atoms with van der Waals surface area (Å²) >= 11 is 0. The highest BCUT2D eigenvalue weighted by Gasteiger charge is 2.25. The van der Waals surface area contributed by atoms with E-state index >= 15 is 0 Å². The van der Waals surface area contributed by atoms with Gasteiger partial charge in [-0.3, -0.25) is 9.89 Å². The van der Waals surface area contributed by atoms with Crippen LogP contribution in [0.25, 0.3) is 21.9 Å². The summed E-state index contributed by atoms with van der Waals surface area (Å²) in [7, 11) is 0. The third-order valence-electron chi connectivity index (χ3n) is 5.74. The van der Waals surface area contributed by atoms with E-state index in [-0.39, 0.29) is 18.2 Å². The van der Waals surface area contributed by atoms with Crippen LogP contribution in [0.1, 0.15) is 46.6 Å². The number of imidazole rings is 1. The van der Waals surface area contributed by atoms with Crippen molar-refractivity contribution in [2.24, 2.45) is 0 Å². The molecule has 0 aliphatic carbocycles. The summed E-state index contributed by atoms with van der Waals surface area (Å²) in [6, 6.07) is 13.2. The zero-order valence-electron chi connectivity index (χ0n) is 15.9. The molecular formula is C22H22N4O3. The van der Waals surface area contributed by atoms with E-state index in [0.29, 0.717) is 5.92 Å². The van der Waals surface area contributed by atoms with Gasteiger partial charge in [0.2, 0.25) is 5.78 Å². The predicted molar refractivity (Wildman–Crippen MR) is 109 cm³/mol. The van der Waals surface area contributed by atoms with E-state index in [0.717, 1.165) is 59.2 Å². The molecule has 3 heterocycles. The van der Waals surface area contributed by atoms with Crippen molar-refractivity contribution in [2.45, 2.75) is 24.7 Å². The summed E-state index contributed by atoms with van der Waals surface area (Å²) in [5, 5.41) is 18.5. The molecule has 0 amide bonds. The van der Waals surface area contributed by atoms with Gasteiger partial charge in [-0.1, -0.05) is 30.3 Å². The van der Waals surface area contributed by atoms with Crippen molar-refractivity contribution in [3.05, 3.63) is 59.5 Å². The van der Waals surface area contributed by atoms with Gasteiger partial charge >= 0.3 is 0 Å². The number of aromatic nitrogens is 4. The van der Waals surface area contributed by atoms with Crippen molar-refractivity contribution in [1.29, 1.82) is 0 Å². The van der Waals surface area contributed by atoms with Crippen molar-refractivity contribution in [1.82, 2.24) is 20.2 Å². The zero-order chi connectivity index (χ0) is 19.8. The van der Waals surface area contributed by atoms with Crippen LogP contribution in [0.3, 0.4) is 0 Å². The Hall–Kier alpha value is -3.03. The molecule has 1 aliphatic heterocycles.